The van der Waals surface area contributed by atoms with Crippen molar-refractivity contribution in [3.63, 3.8) is 0 Å². The summed E-state index contributed by atoms with van der Waals surface area (Å²) in [5.74, 6) is 0. The Balaban J connectivity index is 1.83. The van der Waals surface area contributed by atoms with Crippen LogP contribution in [0.5, 0.6) is 0 Å². The van der Waals surface area contributed by atoms with Gasteiger partial charge in [0.05, 0.1) is 0 Å². The minimum absolute atomic E-state index is 0.695. The topological polar surface area (TPSA) is 42.7 Å². The van der Waals surface area contributed by atoms with E-state index in [9.17, 15) is 0 Å². The zero-order valence-corrected chi connectivity index (χ0v) is 11.5. The second-order valence-electron chi connectivity index (χ2n) is 4.72. The van der Waals surface area contributed by atoms with Crippen LogP contribution in [-0.2, 0) is 7.05 Å². The van der Waals surface area contributed by atoms with E-state index >= 15 is 0 Å². The van der Waals surface area contributed by atoms with Crippen molar-refractivity contribution < 1.29 is 0 Å². The van der Waals surface area contributed by atoms with Gasteiger partial charge in [0.25, 0.3) is 0 Å². The average molecular weight is 254 g/mol. The van der Waals surface area contributed by atoms with Gasteiger partial charge < -0.3 is 5.32 Å². The van der Waals surface area contributed by atoms with Gasteiger partial charge >= 0.3 is 0 Å². The molecule has 1 aromatic rings. The lowest BCUT2D eigenvalue weighted by Gasteiger charge is -2.29. The molecule has 1 fully saturated rings. The third-order valence-electron chi connectivity index (χ3n) is 3.25. The molecule has 96 valence electrons. The van der Waals surface area contributed by atoms with Crippen molar-refractivity contribution in [2.75, 3.05) is 6.54 Å². The molecule has 2 atom stereocenters. The number of hydrogen-bond acceptors (Lipinski definition) is 4. The predicted molar refractivity (Wildman–Crippen MR) is 71.2 cm³/mol. The molecule has 1 heterocycles. The van der Waals surface area contributed by atoms with Gasteiger partial charge in [-0.25, -0.2) is 9.67 Å². The summed E-state index contributed by atoms with van der Waals surface area (Å²) in [7, 11) is 1.96. The van der Waals surface area contributed by atoms with Crippen LogP contribution in [0.25, 0.3) is 0 Å². The molecule has 1 aliphatic carbocycles. The third kappa shape index (κ3) is 3.71. The van der Waals surface area contributed by atoms with Crippen molar-refractivity contribution in [2.24, 2.45) is 7.05 Å². The molecule has 0 amide bonds. The van der Waals surface area contributed by atoms with Gasteiger partial charge in [0.2, 0.25) is 0 Å². The summed E-state index contributed by atoms with van der Waals surface area (Å²) in [5.41, 5.74) is 0. The van der Waals surface area contributed by atoms with Crippen LogP contribution in [0.1, 0.15) is 39.0 Å². The highest BCUT2D eigenvalue weighted by atomic mass is 32.2. The molecule has 1 saturated carbocycles. The van der Waals surface area contributed by atoms with E-state index < -0.39 is 0 Å². The maximum atomic E-state index is 4.29. The monoisotopic (exact) mass is 254 g/mol. The van der Waals surface area contributed by atoms with Gasteiger partial charge in [-0.15, -0.1) is 0 Å². The van der Waals surface area contributed by atoms with Crippen molar-refractivity contribution in [1.82, 2.24) is 20.1 Å². The van der Waals surface area contributed by atoms with Crippen LogP contribution < -0.4 is 5.32 Å². The van der Waals surface area contributed by atoms with E-state index in [1.54, 1.807) is 6.33 Å². The Morgan fingerprint density at radius 1 is 1.53 bits per heavy atom. The van der Waals surface area contributed by atoms with Crippen molar-refractivity contribution in [3.05, 3.63) is 6.33 Å². The molecule has 17 heavy (non-hydrogen) atoms. The highest BCUT2D eigenvalue weighted by molar-refractivity contribution is 7.99. The first-order valence-electron chi connectivity index (χ1n) is 6.53. The molecule has 2 rings (SSSR count). The van der Waals surface area contributed by atoms with Crippen LogP contribution in [0.4, 0.5) is 0 Å². The molecule has 0 radical (unpaired) electrons. The fraction of sp³-hybridized carbons (Fsp3) is 0.833. The van der Waals surface area contributed by atoms with Crippen molar-refractivity contribution in [2.45, 2.75) is 55.5 Å². The molecule has 0 saturated heterocycles. The maximum absolute atomic E-state index is 4.29. The minimum atomic E-state index is 0.695. The first-order valence-corrected chi connectivity index (χ1v) is 7.41. The first kappa shape index (κ1) is 12.9. The van der Waals surface area contributed by atoms with E-state index in [0.717, 1.165) is 11.7 Å². The standard InChI is InChI=1S/C12H22N4S/c1-3-7-13-10-5-4-6-11(8-10)17-12-14-9-15-16(12)2/h9-11,13H,3-8H2,1-2H3. The van der Waals surface area contributed by atoms with Gasteiger partial charge in [-0.3, -0.25) is 0 Å². The Kier molecular flexibility index (Phi) is 4.86. The molecule has 0 aromatic carbocycles. The molecule has 4 nitrogen and oxygen atoms in total. The summed E-state index contributed by atoms with van der Waals surface area (Å²) in [6, 6.07) is 0.703. The average Bonchev–Trinajstić information content (AvgIpc) is 2.73. The molecule has 1 N–H and O–H groups in total. The minimum Gasteiger partial charge on any atom is -0.314 e. The number of aromatic nitrogens is 3. The Morgan fingerprint density at radius 2 is 2.41 bits per heavy atom. The van der Waals surface area contributed by atoms with Crippen LogP contribution in [0.3, 0.4) is 0 Å². The van der Waals surface area contributed by atoms with Crippen LogP contribution in [0, 0.1) is 0 Å². The largest absolute Gasteiger partial charge is 0.314 e. The van der Waals surface area contributed by atoms with Crippen molar-refractivity contribution in [3.8, 4) is 0 Å². The summed E-state index contributed by atoms with van der Waals surface area (Å²) in [5, 5.41) is 9.50. The lowest BCUT2D eigenvalue weighted by atomic mass is 9.95. The zero-order chi connectivity index (χ0) is 12.1. The Bertz CT molecular complexity index is 339. The second kappa shape index (κ2) is 6.40. The summed E-state index contributed by atoms with van der Waals surface area (Å²) >= 11 is 1.88. The molecule has 0 spiro atoms. The molecule has 5 heteroatoms. The lowest BCUT2D eigenvalue weighted by molar-refractivity contribution is 0.381. The summed E-state index contributed by atoms with van der Waals surface area (Å²) in [6.45, 7) is 3.37. The van der Waals surface area contributed by atoms with Gasteiger partial charge in [-0.2, -0.15) is 5.10 Å². The molecular weight excluding hydrogens is 232 g/mol. The molecule has 1 aromatic heterocycles. The molecule has 1 aliphatic rings. The van der Waals surface area contributed by atoms with E-state index in [2.05, 4.69) is 22.3 Å². The van der Waals surface area contributed by atoms with E-state index in [0.29, 0.717) is 11.3 Å². The maximum Gasteiger partial charge on any atom is 0.186 e. The molecule has 0 aliphatic heterocycles. The molecular formula is C12H22N4S. The normalized spacial score (nSPS) is 25.1. The van der Waals surface area contributed by atoms with Crippen LogP contribution >= 0.6 is 11.8 Å². The van der Waals surface area contributed by atoms with Gasteiger partial charge in [0, 0.05) is 18.3 Å². The van der Waals surface area contributed by atoms with Crippen molar-refractivity contribution in [1.29, 1.82) is 0 Å². The number of rotatable bonds is 5. The number of aryl methyl sites for hydroxylation is 1. The van der Waals surface area contributed by atoms with Gasteiger partial charge in [0.15, 0.2) is 5.16 Å². The van der Waals surface area contributed by atoms with Gasteiger partial charge in [-0.1, -0.05) is 25.1 Å². The van der Waals surface area contributed by atoms with Crippen molar-refractivity contribution >= 4 is 11.8 Å². The Morgan fingerprint density at radius 3 is 3.12 bits per heavy atom. The summed E-state index contributed by atoms with van der Waals surface area (Å²) in [6.07, 6.45) is 8.09. The quantitative estimate of drug-likeness (QED) is 0.875. The number of nitrogens with zero attached hydrogens (tertiary/aromatic N) is 3. The lowest BCUT2D eigenvalue weighted by Crippen LogP contribution is -2.35. The van der Waals surface area contributed by atoms with Gasteiger partial charge in [0.1, 0.15) is 6.33 Å². The fourth-order valence-electron chi connectivity index (χ4n) is 2.33. The first-order chi connectivity index (χ1) is 8.29. The molecule has 2 unspecified atom stereocenters. The zero-order valence-electron chi connectivity index (χ0n) is 10.7. The third-order valence-corrected chi connectivity index (χ3v) is 4.59. The van der Waals surface area contributed by atoms with E-state index in [-0.39, 0.29) is 0 Å². The Labute approximate surface area is 108 Å². The van der Waals surface area contributed by atoms with Crippen LogP contribution in [0.15, 0.2) is 11.5 Å². The molecule has 0 bridgehead atoms. The highest BCUT2D eigenvalue weighted by Gasteiger charge is 2.23. The van der Waals surface area contributed by atoms with Crippen LogP contribution in [0.2, 0.25) is 0 Å². The van der Waals surface area contributed by atoms with Gasteiger partial charge in [-0.05, 0) is 32.2 Å². The smallest absolute Gasteiger partial charge is 0.186 e. The second-order valence-corrected chi connectivity index (χ2v) is 5.99. The van der Waals surface area contributed by atoms with E-state index in [1.807, 2.05) is 23.5 Å². The summed E-state index contributed by atoms with van der Waals surface area (Å²) in [4.78, 5) is 4.29. The number of nitrogens with one attached hydrogen (secondary N) is 1. The number of thioether (sulfide) groups is 1. The Hall–Kier alpha value is -0.550. The highest BCUT2D eigenvalue weighted by Crippen LogP contribution is 2.32. The summed E-state index contributed by atoms with van der Waals surface area (Å²) < 4.78 is 1.87. The SMILES string of the molecule is CCCNC1CCCC(Sc2ncnn2C)C1. The van der Waals surface area contributed by atoms with E-state index in [4.69, 9.17) is 0 Å². The number of hydrogen-bond donors (Lipinski definition) is 1. The fourth-order valence-corrected chi connectivity index (χ4v) is 3.55. The van der Waals surface area contributed by atoms with E-state index in [1.165, 1.54) is 32.1 Å². The van der Waals surface area contributed by atoms with Crippen LogP contribution in [-0.4, -0.2) is 32.6 Å². The predicted octanol–water partition coefficient (Wildman–Crippen LogP) is 2.22.